The number of nitrogens with zero attached hydrogens (tertiary/aromatic N) is 1. The smallest absolute Gasteiger partial charge is 0.267 e. The van der Waals surface area contributed by atoms with Gasteiger partial charge in [0.15, 0.2) is 0 Å². The molecule has 6 heteroatoms. The van der Waals surface area contributed by atoms with Crippen LogP contribution in [0.3, 0.4) is 0 Å². The molecule has 5 aromatic rings. The zero-order valence-corrected chi connectivity index (χ0v) is 18.0. The number of aromatic amines is 1. The Labute approximate surface area is 189 Å². The number of H-pyrrole nitrogens is 1. The monoisotopic (exact) mass is 445 g/mol. The van der Waals surface area contributed by atoms with Crippen molar-refractivity contribution in [1.82, 2.24) is 14.9 Å². The van der Waals surface area contributed by atoms with E-state index in [0.717, 1.165) is 28.4 Å². The third-order valence-electron chi connectivity index (χ3n) is 5.70. The molecule has 0 unspecified atom stereocenters. The molecule has 0 fully saturated rings. The summed E-state index contributed by atoms with van der Waals surface area (Å²) in [6, 6.07) is 21.9. The molecule has 32 heavy (non-hydrogen) atoms. The maximum Gasteiger partial charge on any atom is 0.267 e. The largest absolute Gasteiger partial charge is 0.361 e. The fourth-order valence-electron chi connectivity index (χ4n) is 4.11. The van der Waals surface area contributed by atoms with Gasteiger partial charge in [-0.05, 0) is 60.0 Å². The van der Waals surface area contributed by atoms with E-state index in [0.29, 0.717) is 23.8 Å². The summed E-state index contributed by atoms with van der Waals surface area (Å²) in [7, 11) is 0. The molecule has 0 saturated heterocycles. The Balaban J connectivity index is 1.39. The van der Waals surface area contributed by atoms with E-state index in [1.165, 1.54) is 23.1 Å². The van der Waals surface area contributed by atoms with E-state index in [2.05, 4.69) is 16.4 Å². The number of aromatic nitrogens is 2. The average Bonchev–Trinajstić information content (AvgIpc) is 3.36. The number of rotatable bonds is 6. The summed E-state index contributed by atoms with van der Waals surface area (Å²) in [6.07, 6.45) is 2.71. The first-order chi connectivity index (χ1) is 15.6. The second kappa shape index (κ2) is 8.52. The van der Waals surface area contributed by atoms with E-state index >= 15 is 0 Å². The summed E-state index contributed by atoms with van der Waals surface area (Å²) in [5.41, 5.74) is 4.61. The van der Waals surface area contributed by atoms with Gasteiger partial charge in [-0.25, -0.2) is 4.39 Å². The van der Waals surface area contributed by atoms with Crippen molar-refractivity contribution < 1.29 is 9.18 Å². The van der Waals surface area contributed by atoms with E-state index in [1.807, 2.05) is 53.2 Å². The molecule has 0 saturated carbocycles. The minimum atomic E-state index is -0.284. The molecule has 0 spiro atoms. The average molecular weight is 446 g/mol. The van der Waals surface area contributed by atoms with Crippen molar-refractivity contribution in [2.45, 2.75) is 13.0 Å². The molecule has 0 aliphatic carbocycles. The van der Waals surface area contributed by atoms with Gasteiger partial charge < -0.3 is 14.9 Å². The van der Waals surface area contributed by atoms with Crippen molar-refractivity contribution in [2.24, 2.45) is 0 Å². The van der Waals surface area contributed by atoms with Gasteiger partial charge in [0, 0.05) is 46.1 Å². The van der Waals surface area contributed by atoms with Gasteiger partial charge in [-0.1, -0.05) is 41.9 Å². The summed E-state index contributed by atoms with van der Waals surface area (Å²) in [6.45, 7) is 0.968. The lowest BCUT2D eigenvalue weighted by molar-refractivity contribution is 0.0946. The van der Waals surface area contributed by atoms with Crippen LogP contribution < -0.4 is 5.32 Å². The summed E-state index contributed by atoms with van der Waals surface area (Å²) in [4.78, 5) is 16.4. The Morgan fingerprint density at radius 2 is 1.84 bits per heavy atom. The number of fused-ring (bicyclic) bond motifs is 2. The first-order valence-corrected chi connectivity index (χ1v) is 10.8. The normalized spacial score (nSPS) is 11.3. The number of carbonyl (C=O) groups is 1. The van der Waals surface area contributed by atoms with Crippen LogP contribution >= 0.6 is 11.6 Å². The number of para-hydroxylation sites is 1. The van der Waals surface area contributed by atoms with E-state index in [-0.39, 0.29) is 11.7 Å². The van der Waals surface area contributed by atoms with Crippen molar-refractivity contribution >= 4 is 39.3 Å². The van der Waals surface area contributed by atoms with Gasteiger partial charge in [-0.15, -0.1) is 0 Å². The number of benzene rings is 3. The van der Waals surface area contributed by atoms with Crippen LogP contribution in [0.15, 0.2) is 79.0 Å². The van der Waals surface area contributed by atoms with Crippen LogP contribution in [0.5, 0.6) is 0 Å². The number of carbonyl (C=O) groups excluding carboxylic acids is 1. The summed E-state index contributed by atoms with van der Waals surface area (Å²) in [5, 5.41) is 5.72. The maximum atomic E-state index is 13.3. The van der Waals surface area contributed by atoms with Crippen molar-refractivity contribution in [3.05, 3.63) is 107 Å². The van der Waals surface area contributed by atoms with Crippen LogP contribution in [0.1, 0.15) is 21.6 Å². The Morgan fingerprint density at radius 3 is 2.69 bits per heavy atom. The molecule has 0 atom stereocenters. The summed E-state index contributed by atoms with van der Waals surface area (Å²) in [5.74, 6) is -0.438. The number of halogens is 2. The van der Waals surface area contributed by atoms with Crippen molar-refractivity contribution in [3.63, 3.8) is 0 Å². The van der Waals surface area contributed by atoms with Gasteiger partial charge in [0.05, 0.1) is 0 Å². The van der Waals surface area contributed by atoms with E-state index in [4.69, 9.17) is 11.6 Å². The fourth-order valence-corrected chi connectivity index (χ4v) is 4.29. The van der Waals surface area contributed by atoms with Crippen molar-refractivity contribution in [3.8, 4) is 0 Å². The second-order valence-corrected chi connectivity index (χ2v) is 8.25. The van der Waals surface area contributed by atoms with Gasteiger partial charge in [-0.3, -0.25) is 4.79 Å². The van der Waals surface area contributed by atoms with Gasteiger partial charge in [0.25, 0.3) is 5.91 Å². The highest BCUT2D eigenvalue weighted by Gasteiger charge is 2.16. The summed E-state index contributed by atoms with van der Waals surface area (Å²) >= 11 is 6.17. The molecule has 0 bridgehead atoms. The van der Waals surface area contributed by atoms with E-state index in [9.17, 15) is 9.18 Å². The first kappa shape index (κ1) is 20.3. The lowest BCUT2D eigenvalue weighted by Crippen LogP contribution is -2.28. The minimum Gasteiger partial charge on any atom is -0.361 e. The van der Waals surface area contributed by atoms with Gasteiger partial charge >= 0.3 is 0 Å². The lowest BCUT2D eigenvalue weighted by atomic mass is 10.1. The molecule has 5 rings (SSSR count). The molecule has 0 radical (unpaired) electrons. The predicted octanol–water partition coefficient (Wildman–Crippen LogP) is 5.94. The molecular weight excluding hydrogens is 425 g/mol. The Morgan fingerprint density at radius 1 is 1.03 bits per heavy atom. The summed E-state index contributed by atoms with van der Waals surface area (Å²) < 4.78 is 15.3. The Hall–Kier alpha value is -3.57. The van der Waals surface area contributed by atoms with E-state index in [1.54, 1.807) is 12.1 Å². The highest BCUT2D eigenvalue weighted by molar-refractivity contribution is 6.31. The van der Waals surface area contributed by atoms with Crippen molar-refractivity contribution in [2.75, 3.05) is 6.54 Å². The van der Waals surface area contributed by atoms with Gasteiger partial charge in [0.1, 0.15) is 11.5 Å². The molecule has 4 nitrogen and oxygen atoms in total. The topological polar surface area (TPSA) is 49.8 Å². The number of amides is 1. The van der Waals surface area contributed by atoms with Crippen LogP contribution in [0.4, 0.5) is 4.39 Å². The molecule has 0 aliphatic heterocycles. The zero-order chi connectivity index (χ0) is 22.1. The lowest BCUT2D eigenvalue weighted by Gasteiger charge is -2.12. The molecule has 1 amide bonds. The SMILES string of the molecule is O=C(NCCc1c[nH]c2ccccc12)c1cc2cc(Cl)ccc2n1Cc1ccc(F)cc1. The molecule has 2 heterocycles. The number of hydrogen-bond acceptors (Lipinski definition) is 1. The third-order valence-corrected chi connectivity index (χ3v) is 5.94. The van der Waals surface area contributed by atoms with Crippen LogP contribution in [0.25, 0.3) is 21.8 Å². The second-order valence-electron chi connectivity index (χ2n) is 7.81. The van der Waals surface area contributed by atoms with Crippen LogP contribution in [-0.2, 0) is 13.0 Å². The zero-order valence-electron chi connectivity index (χ0n) is 17.2. The van der Waals surface area contributed by atoms with Crippen LogP contribution in [-0.4, -0.2) is 22.0 Å². The fraction of sp³-hybridized carbons (Fsp3) is 0.115. The Kier molecular flexibility index (Phi) is 5.41. The quantitative estimate of drug-likeness (QED) is 0.334. The molecule has 160 valence electrons. The highest BCUT2D eigenvalue weighted by Crippen LogP contribution is 2.25. The molecular formula is C26H21ClFN3O. The number of hydrogen-bond donors (Lipinski definition) is 2. The molecule has 0 aliphatic rings. The number of nitrogens with one attached hydrogen (secondary N) is 2. The van der Waals surface area contributed by atoms with Gasteiger partial charge in [0.2, 0.25) is 0 Å². The molecule has 2 aromatic heterocycles. The highest BCUT2D eigenvalue weighted by atomic mass is 35.5. The van der Waals surface area contributed by atoms with Gasteiger partial charge in [-0.2, -0.15) is 0 Å². The third kappa shape index (κ3) is 3.99. The maximum absolute atomic E-state index is 13.3. The first-order valence-electron chi connectivity index (χ1n) is 10.4. The van der Waals surface area contributed by atoms with E-state index < -0.39 is 0 Å². The van der Waals surface area contributed by atoms with Crippen LogP contribution in [0.2, 0.25) is 5.02 Å². The Bertz CT molecular complexity index is 1420. The minimum absolute atomic E-state index is 0.153. The molecule has 2 N–H and O–H groups in total. The van der Waals surface area contributed by atoms with Crippen LogP contribution in [0, 0.1) is 5.82 Å². The van der Waals surface area contributed by atoms with Crippen molar-refractivity contribution in [1.29, 1.82) is 0 Å². The standard InChI is InChI=1S/C26H21ClFN3O/c27-20-7-10-24-19(13-20)14-25(31(24)16-17-5-8-21(28)9-6-17)26(32)29-12-11-18-15-30-23-4-2-1-3-22(18)23/h1-10,13-15,30H,11-12,16H2,(H,29,32). The predicted molar refractivity (Wildman–Crippen MR) is 127 cm³/mol. The molecule has 3 aromatic carbocycles.